The minimum Gasteiger partial charge on any atom is -0.496 e. The third-order valence-corrected chi connectivity index (χ3v) is 6.09. The molecule has 0 heterocycles. The number of carboxylic acids is 1. The van der Waals surface area contributed by atoms with Gasteiger partial charge in [0.15, 0.2) is 11.5 Å². The second-order valence-corrected chi connectivity index (χ2v) is 8.82. The van der Waals surface area contributed by atoms with Crippen LogP contribution in [-0.4, -0.2) is 36.9 Å². The Hall–Kier alpha value is -5.11. The maximum atomic E-state index is 12.9. The molecular weight excluding hydrogens is 508 g/mol. The van der Waals surface area contributed by atoms with Gasteiger partial charge in [-0.15, -0.1) is 6.58 Å². The minimum atomic E-state index is -0.982. The summed E-state index contributed by atoms with van der Waals surface area (Å²) < 4.78 is 17.4. The highest BCUT2D eigenvalue weighted by molar-refractivity contribution is 6.02. The number of nitrogens with one attached hydrogen (secondary N) is 1. The van der Waals surface area contributed by atoms with Crippen LogP contribution in [0.2, 0.25) is 0 Å². The smallest absolute Gasteiger partial charge is 0.335 e. The fraction of sp³-hybridized carbons (Fsp3) is 0.156. The number of carbonyl (C=O) groups excluding carboxylic acids is 1. The van der Waals surface area contributed by atoms with E-state index >= 15 is 0 Å². The fourth-order valence-corrected chi connectivity index (χ4v) is 4.18. The molecule has 2 N–H and O–H groups in total. The first-order valence-corrected chi connectivity index (χ1v) is 12.7. The Morgan fingerprint density at radius 1 is 0.975 bits per heavy atom. The first kappa shape index (κ1) is 27.9. The molecule has 0 unspecified atom stereocenters. The average Bonchev–Trinajstić information content (AvgIpc) is 2.96. The van der Waals surface area contributed by atoms with Gasteiger partial charge in [0.05, 0.1) is 31.1 Å². The Kier molecular flexibility index (Phi) is 9.15. The standard InChI is InChI=1S/C32H30N2O6/c1-4-8-26-15-22(16-29(39-5-2)30(26)40-20-21-11-13-23(14-12-21)32(36)37)19-33-34-31(35)27-17-24-9-6-7-10-25(24)18-28(27)38-3/h4,6-7,9-19H,1,5,8,20H2,2-3H3,(H,34,35)(H,36,37)/b33-19-. The van der Waals surface area contributed by atoms with Crippen molar-refractivity contribution in [1.82, 2.24) is 5.43 Å². The molecule has 0 saturated carbocycles. The number of aromatic carboxylic acids is 1. The van der Waals surface area contributed by atoms with E-state index in [0.29, 0.717) is 41.4 Å². The van der Waals surface area contributed by atoms with E-state index in [9.17, 15) is 9.59 Å². The van der Waals surface area contributed by atoms with Gasteiger partial charge in [0, 0.05) is 5.56 Å². The van der Waals surface area contributed by atoms with Crippen LogP contribution in [-0.2, 0) is 13.0 Å². The van der Waals surface area contributed by atoms with E-state index in [1.807, 2.05) is 43.3 Å². The van der Waals surface area contributed by atoms with Gasteiger partial charge in [-0.1, -0.05) is 42.5 Å². The first-order valence-electron chi connectivity index (χ1n) is 12.7. The van der Waals surface area contributed by atoms with Gasteiger partial charge in [-0.3, -0.25) is 4.79 Å². The van der Waals surface area contributed by atoms with E-state index < -0.39 is 11.9 Å². The van der Waals surface area contributed by atoms with Gasteiger partial charge in [0.1, 0.15) is 12.4 Å². The second-order valence-electron chi connectivity index (χ2n) is 8.82. The number of hydrogen-bond donors (Lipinski definition) is 2. The van der Waals surface area contributed by atoms with E-state index in [2.05, 4.69) is 17.1 Å². The molecule has 8 heteroatoms. The number of fused-ring (bicyclic) bond motifs is 1. The summed E-state index contributed by atoms with van der Waals surface area (Å²) in [5.41, 5.74) is 5.50. The van der Waals surface area contributed by atoms with E-state index in [1.165, 1.54) is 25.5 Å². The minimum absolute atomic E-state index is 0.209. The van der Waals surface area contributed by atoms with E-state index in [1.54, 1.807) is 30.3 Å². The summed E-state index contributed by atoms with van der Waals surface area (Å²) in [6, 6.07) is 21.5. The molecule has 40 heavy (non-hydrogen) atoms. The van der Waals surface area contributed by atoms with Crippen molar-refractivity contribution in [2.45, 2.75) is 20.0 Å². The molecule has 4 rings (SSSR count). The van der Waals surface area contributed by atoms with E-state index in [-0.39, 0.29) is 12.2 Å². The molecule has 0 saturated heterocycles. The van der Waals surface area contributed by atoms with Crippen molar-refractivity contribution in [3.8, 4) is 17.2 Å². The van der Waals surface area contributed by atoms with Gasteiger partial charge in [-0.05, 0) is 71.6 Å². The van der Waals surface area contributed by atoms with Crippen LogP contribution in [0, 0.1) is 0 Å². The molecule has 4 aromatic rings. The number of allylic oxidation sites excluding steroid dienone is 1. The summed E-state index contributed by atoms with van der Waals surface area (Å²) in [6.45, 7) is 6.36. The van der Waals surface area contributed by atoms with Crippen LogP contribution in [0.15, 0.2) is 90.6 Å². The largest absolute Gasteiger partial charge is 0.496 e. The third-order valence-electron chi connectivity index (χ3n) is 6.09. The molecule has 0 spiro atoms. The van der Waals surface area contributed by atoms with Crippen molar-refractivity contribution in [2.75, 3.05) is 13.7 Å². The number of methoxy groups -OCH3 is 1. The topological polar surface area (TPSA) is 106 Å². The SMILES string of the molecule is C=CCc1cc(/C=N\NC(=O)c2cc3ccccc3cc2OC)cc(OCC)c1OCc1ccc(C(=O)O)cc1. The van der Waals surface area contributed by atoms with Gasteiger partial charge in [-0.25, -0.2) is 10.2 Å². The number of hydrazone groups is 1. The number of nitrogens with zero attached hydrogens (tertiary/aromatic N) is 1. The zero-order chi connectivity index (χ0) is 28.5. The predicted molar refractivity (Wildman–Crippen MR) is 155 cm³/mol. The van der Waals surface area contributed by atoms with Crippen molar-refractivity contribution in [3.63, 3.8) is 0 Å². The lowest BCUT2D eigenvalue weighted by molar-refractivity contribution is 0.0696. The summed E-state index contributed by atoms with van der Waals surface area (Å²) in [4.78, 5) is 24.1. The van der Waals surface area contributed by atoms with E-state index in [0.717, 1.165) is 21.9 Å². The highest BCUT2D eigenvalue weighted by Gasteiger charge is 2.15. The zero-order valence-electron chi connectivity index (χ0n) is 22.3. The molecule has 0 aliphatic carbocycles. The molecule has 8 nitrogen and oxygen atoms in total. The number of hydrogen-bond acceptors (Lipinski definition) is 6. The van der Waals surface area contributed by atoms with Crippen LogP contribution < -0.4 is 19.6 Å². The number of amides is 1. The van der Waals surface area contributed by atoms with Crippen LogP contribution in [0.25, 0.3) is 10.8 Å². The summed E-state index contributed by atoms with van der Waals surface area (Å²) in [5, 5.41) is 15.2. The highest BCUT2D eigenvalue weighted by Crippen LogP contribution is 2.34. The van der Waals surface area contributed by atoms with Gasteiger partial charge in [0.25, 0.3) is 5.91 Å². The number of benzene rings is 4. The van der Waals surface area contributed by atoms with Crippen LogP contribution in [0.3, 0.4) is 0 Å². The lowest BCUT2D eigenvalue weighted by Crippen LogP contribution is -2.18. The van der Waals surface area contributed by atoms with Crippen molar-refractivity contribution in [1.29, 1.82) is 0 Å². The molecule has 0 aromatic heterocycles. The lowest BCUT2D eigenvalue weighted by atomic mass is 10.1. The van der Waals surface area contributed by atoms with Crippen LogP contribution in [0.1, 0.15) is 44.3 Å². The Morgan fingerprint density at radius 2 is 1.70 bits per heavy atom. The van der Waals surface area contributed by atoms with Gasteiger partial charge < -0.3 is 19.3 Å². The maximum absolute atomic E-state index is 12.9. The Labute approximate surface area is 232 Å². The lowest BCUT2D eigenvalue weighted by Gasteiger charge is -2.17. The molecule has 4 aromatic carbocycles. The molecule has 0 atom stereocenters. The van der Waals surface area contributed by atoms with Crippen LogP contribution in [0.4, 0.5) is 0 Å². The van der Waals surface area contributed by atoms with Crippen molar-refractivity contribution in [2.24, 2.45) is 5.10 Å². The van der Waals surface area contributed by atoms with Crippen LogP contribution in [0.5, 0.6) is 17.2 Å². The molecule has 0 aliphatic rings. The molecular formula is C32H30N2O6. The highest BCUT2D eigenvalue weighted by atomic mass is 16.5. The molecule has 204 valence electrons. The van der Waals surface area contributed by atoms with E-state index in [4.69, 9.17) is 19.3 Å². The summed E-state index contributed by atoms with van der Waals surface area (Å²) in [7, 11) is 1.52. The third kappa shape index (κ3) is 6.66. The van der Waals surface area contributed by atoms with Crippen molar-refractivity contribution >= 4 is 28.9 Å². The Morgan fingerprint density at radius 3 is 2.35 bits per heavy atom. The summed E-state index contributed by atoms with van der Waals surface area (Å²) >= 11 is 0. The van der Waals surface area contributed by atoms with Gasteiger partial charge in [0.2, 0.25) is 0 Å². The second kappa shape index (κ2) is 13.1. The van der Waals surface area contributed by atoms with Crippen molar-refractivity contribution in [3.05, 3.63) is 113 Å². The number of carboxylic acid groups (broad SMARTS) is 1. The zero-order valence-corrected chi connectivity index (χ0v) is 22.3. The Bertz CT molecular complexity index is 1560. The Balaban J connectivity index is 1.54. The molecule has 0 fully saturated rings. The molecule has 0 radical (unpaired) electrons. The molecule has 0 aliphatic heterocycles. The van der Waals surface area contributed by atoms with Crippen LogP contribution >= 0.6 is 0 Å². The number of ether oxygens (including phenoxy) is 3. The monoisotopic (exact) mass is 538 g/mol. The summed E-state index contributed by atoms with van der Waals surface area (Å²) in [5.74, 6) is 0.157. The predicted octanol–water partition coefficient (Wildman–Crippen LogP) is 6.02. The molecule has 1 amide bonds. The molecule has 0 bridgehead atoms. The summed E-state index contributed by atoms with van der Waals surface area (Å²) in [6.07, 6.45) is 3.80. The average molecular weight is 539 g/mol. The quantitative estimate of drug-likeness (QED) is 0.130. The normalized spacial score (nSPS) is 10.8. The van der Waals surface area contributed by atoms with Gasteiger partial charge >= 0.3 is 5.97 Å². The van der Waals surface area contributed by atoms with Gasteiger partial charge in [-0.2, -0.15) is 5.10 Å². The fourth-order valence-electron chi connectivity index (χ4n) is 4.18. The number of rotatable bonds is 12. The number of carbonyl (C=O) groups is 2. The first-order chi connectivity index (χ1) is 19.4. The maximum Gasteiger partial charge on any atom is 0.335 e. The van der Waals surface area contributed by atoms with Crippen molar-refractivity contribution < 1.29 is 28.9 Å².